The molecule has 0 N–H and O–H groups in total. The van der Waals surface area contributed by atoms with Crippen LogP contribution in [0.25, 0.3) is 0 Å². The molecule has 0 spiro atoms. The summed E-state index contributed by atoms with van der Waals surface area (Å²) in [6.45, 7) is 8.48. The van der Waals surface area contributed by atoms with Crippen molar-refractivity contribution in [3.8, 4) is 0 Å². The van der Waals surface area contributed by atoms with E-state index in [1.807, 2.05) is 18.2 Å². The first-order valence-corrected chi connectivity index (χ1v) is 18.6. The summed E-state index contributed by atoms with van der Waals surface area (Å²) < 4.78 is 35.2. The smallest absolute Gasteiger partial charge is 0.143 e. The number of ether oxygens (including phenoxy) is 6. The normalized spacial score (nSPS) is 11.7. The van der Waals surface area contributed by atoms with E-state index in [9.17, 15) is 0 Å². The Morgan fingerprint density at radius 1 is 0.333 bits per heavy atom. The van der Waals surface area contributed by atoms with Gasteiger partial charge in [-0.3, -0.25) is 0 Å². The molecule has 0 saturated carbocycles. The minimum Gasteiger partial charge on any atom is -0.379 e. The molecule has 6 nitrogen and oxygen atoms in total. The van der Waals surface area contributed by atoms with E-state index in [4.69, 9.17) is 28.4 Å². The summed E-state index contributed by atoms with van der Waals surface area (Å²) in [6, 6.07) is 31.2. The molecule has 0 saturated heterocycles. The molecule has 0 bridgehead atoms. The Morgan fingerprint density at radius 2 is 0.625 bits per heavy atom. The lowest BCUT2D eigenvalue weighted by atomic mass is 9.80. The maximum atomic E-state index is 6.74. The molecular weight excluding hydrogens is 600 g/mol. The highest BCUT2D eigenvalue weighted by molar-refractivity contribution is 5.47. The molecular formula is C42H62O6. The molecule has 0 amide bonds. The second-order valence-electron chi connectivity index (χ2n) is 12.2. The van der Waals surface area contributed by atoms with Crippen molar-refractivity contribution in [2.75, 3.05) is 72.7 Å². The molecule has 0 aliphatic heterocycles. The van der Waals surface area contributed by atoms with Gasteiger partial charge in [-0.1, -0.05) is 162 Å². The van der Waals surface area contributed by atoms with Crippen molar-refractivity contribution < 1.29 is 28.4 Å². The zero-order valence-corrected chi connectivity index (χ0v) is 29.7. The molecule has 0 aliphatic carbocycles. The highest BCUT2D eigenvalue weighted by Crippen LogP contribution is 2.40. The largest absolute Gasteiger partial charge is 0.379 e. The van der Waals surface area contributed by atoms with Gasteiger partial charge in [0, 0.05) is 6.61 Å². The van der Waals surface area contributed by atoms with Crippen molar-refractivity contribution in [3.63, 3.8) is 0 Å². The van der Waals surface area contributed by atoms with Gasteiger partial charge in [0.05, 0.1) is 66.1 Å². The molecule has 0 unspecified atom stereocenters. The number of rotatable bonds is 31. The maximum Gasteiger partial charge on any atom is 0.143 e. The van der Waals surface area contributed by atoms with Crippen LogP contribution in [-0.4, -0.2) is 72.7 Å². The third-order valence-corrected chi connectivity index (χ3v) is 8.47. The Bertz CT molecular complexity index is 1010. The fraction of sp³-hybridized carbons (Fsp3) is 0.571. The molecule has 3 aromatic carbocycles. The quantitative estimate of drug-likeness (QED) is 0.0506. The second kappa shape index (κ2) is 27.3. The van der Waals surface area contributed by atoms with Crippen molar-refractivity contribution in [3.05, 3.63) is 108 Å². The van der Waals surface area contributed by atoms with Gasteiger partial charge < -0.3 is 28.4 Å². The van der Waals surface area contributed by atoms with E-state index in [1.165, 1.54) is 64.2 Å². The maximum absolute atomic E-state index is 6.74. The molecule has 3 rings (SSSR count). The van der Waals surface area contributed by atoms with E-state index in [2.05, 4.69) is 79.7 Å². The van der Waals surface area contributed by atoms with Crippen molar-refractivity contribution in [2.24, 2.45) is 0 Å². The Labute approximate surface area is 291 Å². The molecule has 266 valence electrons. The van der Waals surface area contributed by atoms with Crippen LogP contribution in [-0.2, 0) is 34.0 Å². The van der Waals surface area contributed by atoms with E-state index in [0.29, 0.717) is 66.1 Å². The second-order valence-corrected chi connectivity index (χ2v) is 12.2. The average molecular weight is 663 g/mol. The summed E-state index contributed by atoms with van der Waals surface area (Å²) in [7, 11) is 0. The predicted molar refractivity (Wildman–Crippen MR) is 196 cm³/mol. The van der Waals surface area contributed by atoms with Crippen LogP contribution >= 0.6 is 0 Å². The molecule has 3 aromatic rings. The first kappa shape index (κ1) is 39.9. The summed E-state index contributed by atoms with van der Waals surface area (Å²) in [5.74, 6) is 0. The Morgan fingerprint density at radius 3 is 0.979 bits per heavy atom. The third-order valence-electron chi connectivity index (χ3n) is 8.47. The minimum atomic E-state index is -0.732. The third kappa shape index (κ3) is 16.2. The molecule has 0 aliphatic rings. The zero-order chi connectivity index (χ0) is 33.6. The topological polar surface area (TPSA) is 55.4 Å². The Hall–Kier alpha value is -2.58. The van der Waals surface area contributed by atoms with Crippen LogP contribution in [0.15, 0.2) is 91.0 Å². The summed E-state index contributed by atoms with van der Waals surface area (Å²) >= 11 is 0. The van der Waals surface area contributed by atoms with E-state index in [0.717, 1.165) is 29.7 Å². The molecule has 0 radical (unpaired) electrons. The molecule has 48 heavy (non-hydrogen) atoms. The molecule has 0 heterocycles. The minimum absolute atomic E-state index is 0.437. The van der Waals surface area contributed by atoms with Crippen LogP contribution in [0.2, 0.25) is 0 Å². The van der Waals surface area contributed by atoms with Crippen LogP contribution < -0.4 is 0 Å². The molecule has 6 heteroatoms. The standard InChI is InChI=1S/C42H62O6/c1-2-3-4-5-6-7-8-9-10-11-21-28-43-29-30-44-31-32-45-33-34-46-35-36-47-37-38-48-42(39-22-15-12-16-23-39,40-24-17-13-18-25-40)41-26-19-14-20-27-41/h12-20,22-27H,2-11,21,28-38H2,1H3. The van der Waals surface area contributed by atoms with Gasteiger partial charge in [0.1, 0.15) is 5.60 Å². The van der Waals surface area contributed by atoms with E-state index in [-0.39, 0.29) is 0 Å². The van der Waals surface area contributed by atoms with Crippen molar-refractivity contribution in [1.29, 1.82) is 0 Å². The summed E-state index contributed by atoms with van der Waals surface area (Å²) in [5, 5.41) is 0. The van der Waals surface area contributed by atoms with E-state index in [1.54, 1.807) is 0 Å². The van der Waals surface area contributed by atoms with Crippen molar-refractivity contribution in [2.45, 2.75) is 83.2 Å². The summed E-state index contributed by atoms with van der Waals surface area (Å²) in [5.41, 5.74) is 2.52. The number of hydrogen-bond acceptors (Lipinski definition) is 6. The van der Waals surface area contributed by atoms with Gasteiger partial charge in [0.15, 0.2) is 0 Å². The van der Waals surface area contributed by atoms with E-state index < -0.39 is 5.60 Å². The fourth-order valence-electron chi connectivity index (χ4n) is 5.87. The van der Waals surface area contributed by atoms with Crippen LogP contribution in [0.1, 0.15) is 94.2 Å². The lowest BCUT2D eigenvalue weighted by Crippen LogP contribution is -2.34. The first-order chi connectivity index (χ1) is 23.9. The lowest BCUT2D eigenvalue weighted by Gasteiger charge is -2.36. The number of hydrogen-bond donors (Lipinski definition) is 0. The van der Waals surface area contributed by atoms with Gasteiger partial charge in [-0.25, -0.2) is 0 Å². The summed E-state index contributed by atoms with van der Waals surface area (Å²) in [4.78, 5) is 0. The highest BCUT2D eigenvalue weighted by Gasteiger charge is 2.37. The SMILES string of the molecule is CCCCCCCCCCCCCOCCOCCOCCOCCOCCOC(c1ccccc1)(c1ccccc1)c1ccccc1. The Balaban J connectivity index is 1.14. The number of unbranched alkanes of at least 4 members (excludes halogenated alkanes) is 10. The van der Waals surface area contributed by atoms with Crippen LogP contribution in [0.4, 0.5) is 0 Å². The summed E-state index contributed by atoms with van der Waals surface area (Å²) in [6.07, 6.45) is 14.9. The first-order valence-electron chi connectivity index (χ1n) is 18.6. The van der Waals surface area contributed by atoms with Gasteiger partial charge in [-0.05, 0) is 23.1 Å². The highest BCUT2D eigenvalue weighted by atomic mass is 16.6. The van der Waals surface area contributed by atoms with Crippen LogP contribution in [0, 0.1) is 0 Å². The van der Waals surface area contributed by atoms with Gasteiger partial charge in [-0.15, -0.1) is 0 Å². The molecule has 0 atom stereocenters. The van der Waals surface area contributed by atoms with Crippen LogP contribution in [0.5, 0.6) is 0 Å². The van der Waals surface area contributed by atoms with Crippen molar-refractivity contribution in [1.82, 2.24) is 0 Å². The van der Waals surface area contributed by atoms with E-state index >= 15 is 0 Å². The van der Waals surface area contributed by atoms with Gasteiger partial charge in [0.2, 0.25) is 0 Å². The Kier molecular flexibility index (Phi) is 22.6. The number of benzene rings is 3. The van der Waals surface area contributed by atoms with Gasteiger partial charge >= 0.3 is 0 Å². The monoisotopic (exact) mass is 662 g/mol. The van der Waals surface area contributed by atoms with Crippen LogP contribution in [0.3, 0.4) is 0 Å². The molecule has 0 fully saturated rings. The fourth-order valence-corrected chi connectivity index (χ4v) is 5.87. The molecule has 0 aromatic heterocycles. The van der Waals surface area contributed by atoms with Crippen molar-refractivity contribution >= 4 is 0 Å². The predicted octanol–water partition coefficient (Wildman–Crippen LogP) is 9.39. The zero-order valence-electron chi connectivity index (χ0n) is 29.7. The van der Waals surface area contributed by atoms with Gasteiger partial charge in [-0.2, -0.15) is 0 Å². The lowest BCUT2D eigenvalue weighted by molar-refractivity contribution is -0.0391. The average Bonchev–Trinajstić information content (AvgIpc) is 3.14. The van der Waals surface area contributed by atoms with Gasteiger partial charge in [0.25, 0.3) is 0 Å².